The summed E-state index contributed by atoms with van der Waals surface area (Å²) in [6, 6.07) is 6.65. The van der Waals surface area contributed by atoms with Crippen LogP contribution >= 0.6 is 0 Å². The first-order chi connectivity index (χ1) is 7.01. The average Bonchev–Trinajstić information content (AvgIpc) is 2.17. The molecule has 1 nitrogen and oxygen atoms in total. The van der Waals surface area contributed by atoms with E-state index in [0.717, 1.165) is 12.8 Å². The molecule has 0 unspecified atom stereocenters. The van der Waals surface area contributed by atoms with Crippen LogP contribution in [0.2, 0.25) is 0 Å². The lowest BCUT2D eigenvalue weighted by Gasteiger charge is -2.25. The molecule has 0 fully saturated rings. The maximum atomic E-state index is 13.7. The van der Waals surface area contributed by atoms with Gasteiger partial charge in [0.05, 0.1) is 11.6 Å². The maximum Gasteiger partial charge on any atom is 0.128 e. The van der Waals surface area contributed by atoms with E-state index in [1.54, 1.807) is 12.1 Å². The van der Waals surface area contributed by atoms with Crippen molar-refractivity contribution < 1.29 is 4.39 Å². The Balaban J connectivity index is 3.11. The average molecular weight is 205 g/mol. The van der Waals surface area contributed by atoms with Crippen LogP contribution in [0.3, 0.4) is 0 Å². The Labute approximate surface area is 90.5 Å². The highest BCUT2D eigenvalue weighted by Gasteiger charge is 2.23. The fourth-order valence-corrected chi connectivity index (χ4v) is 1.89. The summed E-state index contributed by atoms with van der Waals surface area (Å²) < 4.78 is 13.7. The molecule has 0 N–H and O–H groups in total. The van der Waals surface area contributed by atoms with Crippen molar-refractivity contribution in [2.75, 3.05) is 0 Å². The van der Waals surface area contributed by atoms with Gasteiger partial charge in [0.15, 0.2) is 0 Å². The first-order valence-electron chi connectivity index (χ1n) is 5.21. The van der Waals surface area contributed by atoms with Crippen molar-refractivity contribution in [2.45, 2.75) is 39.0 Å². The smallest absolute Gasteiger partial charge is 0.128 e. The van der Waals surface area contributed by atoms with Gasteiger partial charge in [-0.1, -0.05) is 33.3 Å². The topological polar surface area (TPSA) is 23.8 Å². The Hall–Kier alpha value is -1.36. The van der Waals surface area contributed by atoms with Crippen LogP contribution in [0.25, 0.3) is 0 Å². The molecule has 0 aliphatic rings. The van der Waals surface area contributed by atoms with Gasteiger partial charge in [-0.3, -0.25) is 0 Å². The summed E-state index contributed by atoms with van der Waals surface area (Å²) in [5.41, 5.74) is 0.916. The van der Waals surface area contributed by atoms with E-state index >= 15 is 0 Å². The SMILES string of the molecule is CCCC(C)(C)c1ccc(C#N)cc1F. The van der Waals surface area contributed by atoms with Gasteiger partial charge < -0.3 is 0 Å². The van der Waals surface area contributed by atoms with Crippen molar-refractivity contribution >= 4 is 0 Å². The molecule has 0 aliphatic heterocycles. The van der Waals surface area contributed by atoms with Crippen LogP contribution in [-0.4, -0.2) is 0 Å². The fraction of sp³-hybridized carbons (Fsp3) is 0.462. The molecule has 1 rings (SSSR count). The van der Waals surface area contributed by atoms with Gasteiger partial charge in [0.1, 0.15) is 5.82 Å². The van der Waals surface area contributed by atoms with Crippen LogP contribution in [0.5, 0.6) is 0 Å². The summed E-state index contributed by atoms with van der Waals surface area (Å²) in [6.45, 7) is 6.14. The second-order valence-corrected chi connectivity index (χ2v) is 4.44. The second kappa shape index (κ2) is 4.44. The lowest BCUT2D eigenvalue weighted by atomic mass is 9.80. The molecule has 0 heterocycles. The lowest BCUT2D eigenvalue weighted by molar-refractivity contribution is 0.445. The highest BCUT2D eigenvalue weighted by atomic mass is 19.1. The standard InChI is InChI=1S/C13H16FN/c1-4-7-13(2,3)11-6-5-10(9-15)8-12(11)14/h5-6,8H,4,7H2,1-3H3. The number of hydrogen-bond donors (Lipinski definition) is 0. The van der Waals surface area contributed by atoms with E-state index in [-0.39, 0.29) is 11.2 Å². The van der Waals surface area contributed by atoms with Gasteiger partial charge >= 0.3 is 0 Å². The van der Waals surface area contributed by atoms with Gasteiger partial charge in [-0.05, 0) is 29.5 Å². The molecule has 2 heteroatoms. The van der Waals surface area contributed by atoms with E-state index in [4.69, 9.17) is 5.26 Å². The molecule has 0 bridgehead atoms. The summed E-state index contributed by atoms with van der Waals surface area (Å²) in [6.07, 6.45) is 1.96. The van der Waals surface area contributed by atoms with Crippen molar-refractivity contribution in [1.82, 2.24) is 0 Å². The highest BCUT2D eigenvalue weighted by molar-refractivity contribution is 5.35. The predicted octanol–water partition coefficient (Wildman–Crippen LogP) is 3.78. The van der Waals surface area contributed by atoms with E-state index < -0.39 is 0 Å². The molecular formula is C13H16FN. The minimum Gasteiger partial charge on any atom is -0.207 e. The summed E-state index contributed by atoms with van der Waals surface area (Å²) in [4.78, 5) is 0. The third kappa shape index (κ3) is 2.56. The lowest BCUT2D eigenvalue weighted by Crippen LogP contribution is -2.18. The largest absolute Gasteiger partial charge is 0.207 e. The highest BCUT2D eigenvalue weighted by Crippen LogP contribution is 2.30. The van der Waals surface area contributed by atoms with Crippen LogP contribution in [0.4, 0.5) is 4.39 Å². The number of nitriles is 1. The third-order valence-electron chi connectivity index (χ3n) is 2.70. The monoisotopic (exact) mass is 205 g/mol. The first-order valence-corrected chi connectivity index (χ1v) is 5.21. The number of benzene rings is 1. The molecule has 80 valence electrons. The molecule has 0 amide bonds. The van der Waals surface area contributed by atoms with E-state index in [2.05, 4.69) is 6.92 Å². The zero-order chi connectivity index (χ0) is 11.5. The zero-order valence-corrected chi connectivity index (χ0v) is 9.47. The van der Waals surface area contributed by atoms with Crippen LogP contribution in [-0.2, 0) is 5.41 Å². The van der Waals surface area contributed by atoms with Gasteiger partial charge in [-0.15, -0.1) is 0 Å². The number of halogens is 1. The predicted molar refractivity (Wildman–Crippen MR) is 59.0 cm³/mol. The van der Waals surface area contributed by atoms with E-state index in [1.807, 2.05) is 19.9 Å². The van der Waals surface area contributed by atoms with E-state index in [1.165, 1.54) is 6.07 Å². The minimum atomic E-state index is -0.271. The number of rotatable bonds is 3. The summed E-state index contributed by atoms with van der Waals surface area (Å²) in [5.74, 6) is -0.271. The number of nitrogens with zero attached hydrogens (tertiary/aromatic N) is 1. The molecule has 0 saturated heterocycles. The third-order valence-corrected chi connectivity index (χ3v) is 2.70. The Morgan fingerprint density at radius 3 is 2.53 bits per heavy atom. The molecule has 0 radical (unpaired) electrons. The van der Waals surface area contributed by atoms with Crippen LogP contribution in [0.15, 0.2) is 18.2 Å². The Morgan fingerprint density at radius 1 is 1.40 bits per heavy atom. The van der Waals surface area contributed by atoms with E-state index in [9.17, 15) is 4.39 Å². The maximum absolute atomic E-state index is 13.7. The van der Waals surface area contributed by atoms with Gasteiger partial charge in [0.25, 0.3) is 0 Å². The molecule has 0 atom stereocenters. The normalized spacial score (nSPS) is 11.1. The molecule has 15 heavy (non-hydrogen) atoms. The van der Waals surface area contributed by atoms with Crippen molar-refractivity contribution in [3.63, 3.8) is 0 Å². The molecule has 0 saturated carbocycles. The van der Waals surface area contributed by atoms with Crippen molar-refractivity contribution in [3.05, 3.63) is 35.1 Å². The van der Waals surface area contributed by atoms with Gasteiger partial charge in [0.2, 0.25) is 0 Å². The van der Waals surface area contributed by atoms with Gasteiger partial charge in [-0.25, -0.2) is 4.39 Å². The molecule has 0 aliphatic carbocycles. The quantitative estimate of drug-likeness (QED) is 0.736. The van der Waals surface area contributed by atoms with Crippen molar-refractivity contribution in [1.29, 1.82) is 5.26 Å². The van der Waals surface area contributed by atoms with Crippen molar-refractivity contribution in [3.8, 4) is 6.07 Å². The summed E-state index contributed by atoms with van der Waals surface area (Å²) >= 11 is 0. The summed E-state index contributed by atoms with van der Waals surface area (Å²) in [5, 5.41) is 8.64. The Morgan fingerprint density at radius 2 is 2.07 bits per heavy atom. The van der Waals surface area contributed by atoms with Crippen LogP contribution in [0.1, 0.15) is 44.7 Å². The molecule has 1 aromatic rings. The van der Waals surface area contributed by atoms with Gasteiger partial charge in [-0.2, -0.15) is 5.26 Å². The molecular weight excluding hydrogens is 189 g/mol. The van der Waals surface area contributed by atoms with Crippen LogP contribution < -0.4 is 0 Å². The van der Waals surface area contributed by atoms with E-state index in [0.29, 0.717) is 11.1 Å². The minimum absolute atomic E-state index is 0.160. The van der Waals surface area contributed by atoms with Gasteiger partial charge in [0, 0.05) is 0 Å². The number of hydrogen-bond acceptors (Lipinski definition) is 1. The van der Waals surface area contributed by atoms with Crippen molar-refractivity contribution in [2.24, 2.45) is 0 Å². The molecule has 0 spiro atoms. The zero-order valence-electron chi connectivity index (χ0n) is 9.47. The molecule has 1 aromatic carbocycles. The first kappa shape index (κ1) is 11.7. The Bertz CT molecular complexity index is 388. The Kier molecular flexibility index (Phi) is 3.47. The van der Waals surface area contributed by atoms with Crippen LogP contribution in [0, 0.1) is 17.1 Å². The fourth-order valence-electron chi connectivity index (χ4n) is 1.89. The molecule has 0 aromatic heterocycles. The summed E-state index contributed by atoms with van der Waals surface area (Å²) in [7, 11) is 0. The second-order valence-electron chi connectivity index (χ2n) is 4.44.